The van der Waals surface area contributed by atoms with Gasteiger partial charge in [-0.1, -0.05) is 23.7 Å². The third-order valence-corrected chi connectivity index (χ3v) is 4.45. The molecule has 1 aliphatic heterocycles. The summed E-state index contributed by atoms with van der Waals surface area (Å²) >= 11 is 5.97. The lowest BCUT2D eigenvalue weighted by Gasteiger charge is -2.30. The number of hydrogen-bond donors (Lipinski definition) is 1. The average molecular weight is 339 g/mol. The number of halogens is 1. The van der Waals surface area contributed by atoms with Crippen LogP contribution in [0.1, 0.15) is 31.4 Å². The van der Waals surface area contributed by atoms with E-state index in [-0.39, 0.29) is 23.8 Å². The molecule has 1 saturated heterocycles. The second-order valence-corrected chi connectivity index (χ2v) is 6.35. The Labute approximate surface area is 141 Å². The van der Waals surface area contributed by atoms with Crippen molar-refractivity contribution in [1.82, 2.24) is 10.2 Å². The van der Waals surface area contributed by atoms with Crippen LogP contribution in [0.3, 0.4) is 0 Å². The van der Waals surface area contributed by atoms with Crippen LogP contribution in [0.25, 0.3) is 0 Å². The molecule has 0 radical (unpaired) electrons. The van der Waals surface area contributed by atoms with Crippen LogP contribution < -0.4 is 5.32 Å². The summed E-state index contributed by atoms with van der Waals surface area (Å²) in [5.74, 6) is -0.206. The molecule has 0 bridgehead atoms. The molecule has 6 heteroatoms. The molecular weight excluding hydrogens is 316 g/mol. The highest BCUT2D eigenvalue weighted by atomic mass is 35.5. The van der Waals surface area contributed by atoms with Crippen molar-refractivity contribution in [1.29, 1.82) is 0 Å². The van der Waals surface area contributed by atoms with Gasteiger partial charge in [0.15, 0.2) is 0 Å². The maximum Gasteiger partial charge on any atom is 0.308 e. The molecule has 23 heavy (non-hydrogen) atoms. The Kier molecular flexibility index (Phi) is 6.42. The third-order valence-electron chi connectivity index (χ3n) is 4.22. The molecule has 5 nitrogen and oxygen atoms in total. The Morgan fingerprint density at radius 3 is 2.70 bits per heavy atom. The minimum absolute atomic E-state index is 0.0195. The molecule has 0 aromatic heterocycles. The van der Waals surface area contributed by atoms with E-state index in [1.54, 1.807) is 0 Å². The van der Waals surface area contributed by atoms with Gasteiger partial charge in [-0.3, -0.25) is 14.5 Å². The van der Waals surface area contributed by atoms with Crippen LogP contribution in [0.2, 0.25) is 5.02 Å². The largest absolute Gasteiger partial charge is 0.469 e. The van der Waals surface area contributed by atoms with E-state index in [4.69, 9.17) is 16.3 Å². The number of benzene rings is 1. The van der Waals surface area contributed by atoms with Gasteiger partial charge in [0, 0.05) is 5.02 Å². The lowest BCUT2D eigenvalue weighted by Crippen LogP contribution is -2.43. The van der Waals surface area contributed by atoms with E-state index in [0.717, 1.165) is 31.5 Å². The molecule has 1 aromatic carbocycles. The van der Waals surface area contributed by atoms with Crippen molar-refractivity contribution in [3.05, 3.63) is 34.9 Å². The van der Waals surface area contributed by atoms with Gasteiger partial charge in [-0.15, -0.1) is 0 Å². The summed E-state index contributed by atoms with van der Waals surface area (Å²) < 4.78 is 4.77. The van der Waals surface area contributed by atoms with Crippen LogP contribution in [0.5, 0.6) is 0 Å². The van der Waals surface area contributed by atoms with Gasteiger partial charge in [0.05, 0.1) is 25.6 Å². The van der Waals surface area contributed by atoms with Gasteiger partial charge < -0.3 is 10.1 Å². The molecule has 126 valence electrons. The summed E-state index contributed by atoms with van der Waals surface area (Å²) in [6.07, 6.45) is 1.48. The van der Waals surface area contributed by atoms with E-state index in [9.17, 15) is 9.59 Å². The summed E-state index contributed by atoms with van der Waals surface area (Å²) in [7, 11) is 1.42. The number of ether oxygens (including phenoxy) is 1. The zero-order valence-electron chi connectivity index (χ0n) is 13.5. The number of nitrogens with zero attached hydrogens (tertiary/aromatic N) is 1. The van der Waals surface area contributed by atoms with E-state index in [1.165, 1.54) is 7.11 Å². The molecule has 1 N–H and O–H groups in total. The van der Waals surface area contributed by atoms with Crippen molar-refractivity contribution in [2.45, 2.75) is 25.8 Å². The molecule has 1 aromatic rings. The van der Waals surface area contributed by atoms with Gasteiger partial charge in [-0.2, -0.15) is 0 Å². The quantitative estimate of drug-likeness (QED) is 0.838. The highest BCUT2D eigenvalue weighted by Gasteiger charge is 2.26. The predicted molar refractivity (Wildman–Crippen MR) is 89.2 cm³/mol. The fraction of sp³-hybridized carbons (Fsp3) is 0.529. The van der Waals surface area contributed by atoms with Gasteiger partial charge in [-0.25, -0.2) is 0 Å². The lowest BCUT2D eigenvalue weighted by atomic mass is 9.97. The first-order valence-corrected chi connectivity index (χ1v) is 8.22. The van der Waals surface area contributed by atoms with E-state index in [1.807, 2.05) is 31.2 Å². The maximum absolute atomic E-state index is 12.2. The first-order valence-electron chi connectivity index (χ1n) is 7.84. The fourth-order valence-electron chi connectivity index (χ4n) is 2.84. The molecule has 1 amide bonds. The van der Waals surface area contributed by atoms with Crippen molar-refractivity contribution in [2.75, 3.05) is 26.7 Å². The molecule has 0 unspecified atom stereocenters. The zero-order chi connectivity index (χ0) is 16.8. The molecule has 0 aliphatic carbocycles. The number of nitrogens with one attached hydrogen (secondary N) is 1. The summed E-state index contributed by atoms with van der Waals surface area (Å²) in [4.78, 5) is 25.7. The van der Waals surface area contributed by atoms with E-state index in [0.29, 0.717) is 11.6 Å². The number of rotatable bonds is 5. The van der Waals surface area contributed by atoms with Crippen LogP contribution in [-0.2, 0) is 14.3 Å². The van der Waals surface area contributed by atoms with Crippen molar-refractivity contribution in [2.24, 2.45) is 5.92 Å². The predicted octanol–water partition coefficient (Wildman–Crippen LogP) is 2.40. The molecular formula is C17H23ClN2O3. The number of hydrogen-bond acceptors (Lipinski definition) is 4. The van der Waals surface area contributed by atoms with Crippen LogP contribution in [0.4, 0.5) is 0 Å². The average Bonchev–Trinajstić information content (AvgIpc) is 2.54. The molecule has 1 aliphatic rings. The molecule has 1 atom stereocenters. The fourth-order valence-corrected chi connectivity index (χ4v) is 3.04. The molecule has 0 spiro atoms. The Hall–Kier alpha value is -1.59. The zero-order valence-corrected chi connectivity index (χ0v) is 14.3. The number of likely N-dealkylation sites (tertiary alicyclic amines) is 1. The van der Waals surface area contributed by atoms with Crippen molar-refractivity contribution < 1.29 is 14.3 Å². The van der Waals surface area contributed by atoms with Gasteiger partial charge in [-0.05, 0) is 50.6 Å². The van der Waals surface area contributed by atoms with Crippen molar-refractivity contribution >= 4 is 23.5 Å². The topological polar surface area (TPSA) is 58.6 Å². The minimum atomic E-state index is -0.149. The van der Waals surface area contributed by atoms with Gasteiger partial charge in [0.1, 0.15) is 0 Å². The second kappa shape index (κ2) is 8.31. The Morgan fingerprint density at radius 2 is 2.09 bits per heavy atom. The summed E-state index contributed by atoms with van der Waals surface area (Å²) in [6, 6.07) is 7.39. The number of esters is 1. The van der Waals surface area contributed by atoms with Gasteiger partial charge in [0.25, 0.3) is 0 Å². The van der Waals surface area contributed by atoms with Crippen LogP contribution in [-0.4, -0.2) is 43.5 Å². The standard InChI is InChI=1S/C17H23ClN2O3/c1-12(14-4-3-5-15(18)10-14)19-16(21)11-20-8-6-13(7-9-20)17(22)23-2/h3-5,10,12-13H,6-9,11H2,1-2H3,(H,19,21)/t12-/m1/s1. The smallest absolute Gasteiger partial charge is 0.308 e. The van der Waals surface area contributed by atoms with Gasteiger partial charge in [0.2, 0.25) is 5.91 Å². The summed E-state index contributed by atoms with van der Waals surface area (Å²) in [6.45, 7) is 3.75. The summed E-state index contributed by atoms with van der Waals surface area (Å²) in [5.41, 5.74) is 0.982. The number of carbonyl (C=O) groups is 2. The van der Waals surface area contributed by atoms with Gasteiger partial charge >= 0.3 is 5.97 Å². The van der Waals surface area contributed by atoms with E-state index in [2.05, 4.69) is 10.2 Å². The van der Waals surface area contributed by atoms with Crippen molar-refractivity contribution in [3.8, 4) is 0 Å². The van der Waals surface area contributed by atoms with Crippen LogP contribution >= 0.6 is 11.6 Å². The highest BCUT2D eigenvalue weighted by molar-refractivity contribution is 6.30. The Balaban J connectivity index is 1.78. The molecule has 0 saturated carbocycles. The number of piperidine rings is 1. The Bertz CT molecular complexity index is 557. The number of methoxy groups -OCH3 is 1. The minimum Gasteiger partial charge on any atom is -0.469 e. The first-order chi connectivity index (χ1) is 11.0. The summed E-state index contributed by atoms with van der Waals surface area (Å²) in [5, 5.41) is 3.65. The number of carbonyl (C=O) groups excluding carboxylic acids is 2. The third kappa shape index (κ3) is 5.22. The Morgan fingerprint density at radius 1 is 1.39 bits per heavy atom. The maximum atomic E-state index is 12.2. The lowest BCUT2D eigenvalue weighted by molar-refractivity contribution is -0.147. The number of amides is 1. The SMILES string of the molecule is COC(=O)C1CCN(CC(=O)N[C@H](C)c2cccc(Cl)c2)CC1. The highest BCUT2D eigenvalue weighted by Crippen LogP contribution is 2.19. The first kappa shape index (κ1) is 17.8. The van der Waals surface area contributed by atoms with E-state index < -0.39 is 0 Å². The monoisotopic (exact) mass is 338 g/mol. The molecule has 2 rings (SSSR count). The van der Waals surface area contributed by atoms with Crippen LogP contribution in [0.15, 0.2) is 24.3 Å². The van der Waals surface area contributed by atoms with E-state index >= 15 is 0 Å². The molecule has 1 heterocycles. The van der Waals surface area contributed by atoms with Crippen LogP contribution in [0, 0.1) is 5.92 Å². The normalized spacial score (nSPS) is 17.5. The second-order valence-electron chi connectivity index (χ2n) is 5.92. The van der Waals surface area contributed by atoms with Crippen molar-refractivity contribution in [3.63, 3.8) is 0 Å². The molecule has 1 fully saturated rings.